The van der Waals surface area contributed by atoms with E-state index in [9.17, 15) is 14.4 Å². The number of hydrogen-bond donors (Lipinski definition) is 2. The van der Waals surface area contributed by atoms with Gasteiger partial charge in [0, 0.05) is 11.6 Å². The molecule has 1 saturated carbocycles. The van der Waals surface area contributed by atoms with Crippen molar-refractivity contribution in [2.75, 3.05) is 19.8 Å². The van der Waals surface area contributed by atoms with E-state index >= 15 is 0 Å². The number of nitrogens with one attached hydrogen (secondary N) is 2. The third kappa shape index (κ3) is 5.08. The molecule has 29 heavy (non-hydrogen) atoms. The molecule has 2 fully saturated rings. The molecule has 3 rings (SSSR count). The molecule has 1 aliphatic carbocycles. The first-order chi connectivity index (χ1) is 13.8. The monoisotopic (exact) mass is 420 g/mol. The highest BCUT2D eigenvalue weighted by Gasteiger charge is 2.52. The third-order valence-electron chi connectivity index (χ3n) is 5.93. The van der Waals surface area contributed by atoms with Gasteiger partial charge in [-0.2, -0.15) is 0 Å². The lowest BCUT2D eigenvalue weighted by molar-refractivity contribution is -0.135. The first kappa shape index (κ1) is 21.6. The number of halogens is 1. The molecule has 0 aromatic heterocycles. The first-order valence-electron chi connectivity index (χ1n) is 10.2. The molecular formula is C21H29ClN4O3. The summed E-state index contributed by atoms with van der Waals surface area (Å²) in [6.07, 6.45) is 3.24. The lowest BCUT2D eigenvalue weighted by atomic mass is 9.77. The van der Waals surface area contributed by atoms with E-state index < -0.39 is 5.54 Å². The van der Waals surface area contributed by atoms with E-state index in [0.29, 0.717) is 36.9 Å². The van der Waals surface area contributed by atoms with Crippen LogP contribution in [0.15, 0.2) is 24.3 Å². The minimum absolute atomic E-state index is 0.116. The standard InChI is InChI=1S/C21H29ClN4O3/c1-3-25(13-18(27)23-12-16-4-6-17(22)7-5-16)14-26-19(28)21(24-20(26)29)10-8-15(2)9-11-21/h4-7,15H,3,8-14H2,1-2H3,(H,23,27)(H,24,29). The number of amides is 4. The number of nitrogens with zero attached hydrogens (tertiary/aromatic N) is 2. The van der Waals surface area contributed by atoms with E-state index in [1.165, 1.54) is 4.90 Å². The van der Waals surface area contributed by atoms with Crippen LogP contribution in [-0.2, 0) is 16.1 Å². The molecule has 1 aromatic carbocycles. The van der Waals surface area contributed by atoms with Crippen molar-refractivity contribution in [1.29, 1.82) is 0 Å². The average Bonchev–Trinajstić information content (AvgIpc) is 2.93. The molecule has 0 radical (unpaired) electrons. The van der Waals surface area contributed by atoms with Gasteiger partial charge in [0.05, 0.1) is 13.2 Å². The normalized spacial score (nSPS) is 24.3. The van der Waals surface area contributed by atoms with Gasteiger partial charge < -0.3 is 10.6 Å². The smallest absolute Gasteiger partial charge is 0.326 e. The molecule has 1 heterocycles. The summed E-state index contributed by atoms with van der Waals surface area (Å²) in [7, 11) is 0. The molecule has 7 nitrogen and oxygen atoms in total. The van der Waals surface area contributed by atoms with Gasteiger partial charge >= 0.3 is 6.03 Å². The number of carbonyl (C=O) groups is 3. The van der Waals surface area contributed by atoms with Crippen molar-refractivity contribution < 1.29 is 14.4 Å². The number of imide groups is 1. The lowest BCUT2D eigenvalue weighted by Crippen LogP contribution is -2.50. The Labute approximate surface area is 176 Å². The highest BCUT2D eigenvalue weighted by atomic mass is 35.5. The number of benzene rings is 1. The molecule has 1 spiro atoms. The number of urea groups is 1. The van der Waals surface area contributed by atoms with Crippen molar-refractivity contribution in [1.82, 2.24) is 20.4 Å². The summed E-state index contributed by atoms with van der Waals surface area (Å²) in [5.41, 5.74) is 0.202. The Bertz CT molecular complexity index is 760. The van der Waals surface area contributed by atoms with Gasteiger partial charge in [0.2, 0.25) is 5.91 Å². The molecule has 158 valence electrons. The average molecular weight is 421 g/mol. The van der Waals surface area contributed by atoms with Gasteiger partial charge in [0.1, 0.15) is 5.54 Å². The van der Waals surface area contributed by atoms with Gasteiger partial charge in [0.15, 0.2) is 0 Å². The van der Waals surface area contributed by atoms with Crippen LogP contribution in [0.2, 0.25) is 5.02 Å². The number of rotatable bonds is 7. The summed E-state index contributed by atoms with van der Waals surface area (Å²) in [4.78, 5) is 40.8. The zero-order chi connectivity index (χ0) is 21.0. The van der Waals surface area contributed by atoms with Crippen molar-refractivity contribution in [3.8, 4) is 0 Å². The second kappa shape index (κ2) is 9.13. The summed E-state index contributed by atoms with van der Waals surface area (Å²) in [5, 5.41) is 6.44. The third-order valence-corrected chi connectivity index (χ3v) is 6.18. The minimum Gasteiger partial charge on any atom is -0.351 e. The Hall–Kier alpha value is -2.12. The molecule has 1 aliphatic heterocycles. The zero-order valence-corrected chi connectivity index (χ0v) is 17.8. The Balaban J connectivity index is 1.53. The van der Waals surface area contributed by atoms with Crippen LogP contribution >= 0.6 is 11.6 Å². The fourth-order valence-corrected chi connectivity index (χ4v) is 4.05. The molecule has 8 heteroatoms. The highest BCUT2D eigenvalue weighted by molar-refractivity contribution is 6.30. The molecule has 0 unspecified atom stereocenters. The predicted molar refractivity (Wildman–Crippen MR) is 111 cm³/mol. The van der Waals surface area contributed by atoms with E-state index in [0.717, 1.165) is 18.4 Å². The lowest BCUT2D eigenvalue weighted by Gasteiger charge is -2.34. The fourth-order valence-electron chi connectivity index (χ4n) is 3.92. The van der Waals surface area contributed by atoms with Gasteiger partial charge in [-0.05, 0) is 55.8 Å². The summed E-state index contributed by atoms with van der Waals surface area (Å²) < 4.78 is 0. The van der Waals surface area contributed by atoms with Crippen LogP contribution < -0.4 is 10.6 Å². The zero-order valence-electron chi connectivity index (χ0n) is 17.0. The van der Waals surface area contributed by atoms with Crippen molar-refractivity contribution in [2.24, 2.45) is 5.92 Å². The topological polar surface area (TPSA) is 81.8 Å². The predicted octanol–water partition coefficient (Wildman–Crippen LogP) is 2.74. The van der Waals surface area contributed by atoms with Crippen molar-refractivity contribution in [3.63, 3.8) is 0 Å². The van der Waals surface area contributed by atoms with E-state index in [1.807, 2.05) is 19.1 Å². The number of hydrogen-bond acceptors (Lipinski definition) is 4. The van der Waals surface area contributed by atoms with Crippen molar-refractivity contribution in [2.45, 2.75) is 51.6 Å². The molecule has 2 aliphatic rings. The summed E-state index contributed by atoms with van der Waals surface area (Å²) in [6, 6.07) is 6.92. The van der Waals surface area contributed by atoms with Gasteiger partial charge in [-0.15, -0.1) is 0 Å². The van der Waals surface area contributed by atoms with Crippen LogP contribution in [0.4, 0.5) is 4.79 Å². The second-order valence-electron chi connectivity index (χ2n) is 8.12. The number of carbonyl (C=O) groups excluding carboxylic acids is 3. The fraction of sp³-hybridized carbons (Fsp3) is 0.571. The Kier molecular flexibility index (Phi) is 6.80. The molecule has 0 atom stereocenters. The maximum absolute atomic E-state index is 13.0. The SMILES string of the molecule is CCN(CC(=O)NCc1ccc(Cl)cc1)CN1C(=O)NC2(CCC(C)CC2)C1=O. The summed E-state index contributed by atoms with van der Waals surface area (Å²) in [5.74, 6) is 0.264. The molecule has 0 bridgehead atoms. The van der Waals surface area contributed by atoms with Crippen LogP contribution in [0.25, 0.3) is 0 Å². The quantitative estimate of drug-likeness (QED) is 0.664. The van der Waals surface area contributed by atoms with Crippen molar-refractivity contribution in [3.05, 3.63) is 34.9 Å². The van der Waals surface area contributed by atoms with E-state index in [1.54, 1.807) is 17.0 Å². The molecule has 2 N–H and O–H groups in total. The summed E-state index contributed by atoms with van der Waals surface area (Å²) >= 11 is 5.87. The Morgan fingerprint density at radius 3 is 2.55 bits per heavy atom. The molecule has 1 aromatic rings. The molecular weight excluding hydrogens is 392 g/mol. The van der Waals surface area contributed by atoms with E-state index in [-0.39, 0.29) is 31.1 Å². The maximum atomic E-state index is 13.0. The highest BCUT2D eigenvalue weighted by Crippen LogP contribution is 2.36. The summed E-state index contributed by atoms with van der Waals surface area (Å²) in [6.45, 7) is 5.27. The first-order valence-corrected chi connectivity index (χ1v) is 10.6. The van der Waals surface area contributed by atoms with Gasteiger partial charge in [-0.25, -0.2) is 9.69 Å². The van der Waals surface area contributed by atoms with Crippen LogP contribution in [0.5, 0.6) is 0 Å². The largest absolute Gasteiger partial charge is 0.351 e. The van der Waals surface area contributed by atoms with Crippen LogP contribution in [0.3, 0.4) is 0 Å². The van der Waals surface area contributed by atoms with Gasteiger partial charge in [-0.3, -0.25) is 14.5 Å². The van der Waals surface area contributed by atoms with Gasteiger partial charge in [-0.1, -0.05) is 37.6 Å². The van der Waals surface area contributed by atoms with Crippen LogP contribution in [0, 0.1) is 5.92 Å². The van der Waals surface area contributed by atoms with Gasteiger partial charge in [0.25, 0.3) is 5.91 Å². The van der Waals surface area contributed by atoms with Crippen LogP contribution in [0.1, 0.15) is 45.1 Å². The maximum Gasteiger partial charge on any atom is 0.326 e. The second-order valence-corrected chi connectivity index (χ2v) is 8.55. The minimum atomic E-state index is -0.750. The molecule has 4 amide bonds. The Morgan fingerprint density at radius 2 is 1.93 bits per heavy atom. The van der Waals surface area contributed by atoms with Crippen molar-refractivity contribution >= 4 is 29.4 Å². The Morgan fingerprint density at radius 1 is 1.28 bits per heavy atom. The number of likely N-dealkylation sites (N-methyl/N-ethyl adjacent to an activating group) is 1. The van der Waals surface area contributed by atoms with E-state index in [4.69, 9.17) is 11.6 Å². The van der Waals surface area contributed by atoms with Crippen LogP contribution in [-0.4, -0.2) is 52.9 Å². The molecule has 1 saturated heterocycles. The van der Waals surface area contributed by atoms with E-state index in [2.05, 4.69) is 17.6 Å².